The van der Waals surface area contributed by atoms with E-state index in [1.807, 2.05) is 4.98 Å². The molecular weight excluding hydrogens is 1100 g/mol. The van der Waals surface area contributed by atoms with Gasteiger partial charge in [0.2, 0.25) is 18.5 Å². The Balaban J connectivity index is 0.915. The van der Waals surface area contributed by atoms with Crippen LogP contribution in [0.4, 0.5) is 11.8 Å². The summed E-state index contributed by atoms with van der Waals surface area (Å²) in [7, 11) is -17.7. The average molecular weight is 1150 g/mol. The molecule has 3 aliphatic rings. The number of aromatic nitrogens is 10. The lowest BCUT2D eigenvalue weighted by Gasteiger charge is -2.31. The summed E-state index contributed by atoms with van der Waals surface area (Å²) < 4.78 is 111. The zero-order chi connectivity index (χ0) is 54.5. The first-order valence-corrected chi connectivity index (χ1v) is 28.3. The molecule has 0 aromatic carbocycles. The quantitative estimate of drug-likeness (QED) is 0.0231. The van der Waals surface area contributed by atoms with Crippen molar-refractivity contribution in [1.29, 1.82) is 0 Å². The van der Waals surface area contributed by atoms with Crippen LogP contribution in [0.5, 0.6) is 0 Å². The molecule has 8 heterocycles. The van der Waals surface area contributed by atoms with Gasteiger partial charge in [0.1, 0.15) is 54.6 Å². The van der Waals surface area contributed by atoms with Crippen molar-refractivity contribution in [3.05, 3.63) is 62.4 Å². The molecule has 3 fully saturated rings. The lowest BCUT2D eigenvalue weighted by atomic mass is 9.99. The SMILES string of the molecule is COC[C@H]1[C@@H](O)[C@H](n2c[n+](C)c3c(=O)[nH]c(N)nc32)O[C@@H]1COP(=O)(O)CCP(=O)(O)OP(=O)(O)OC[C@H]1O[C@@H](n2cnc3c(N)ncnc32)[C@H](OC)[C@@H]1OP(=O)([O-])OC[C@H]1O[C@@H](n2ccc(=O)[nH]c2=O)[C@H](O)[C@@H]1O. The van der Waals surface area contributed by atoms with Crippen LogP contribution in [-0.4, -0.2) is 175 Å². The Morgan fingerprint density at radius 2 is 1.44 bits per heavy atom. The van der Waals surface area contributed by atoms with Gasteiger partial charge in [-0.05, 0) is 0 Å². The Kier molecular flexibility index (Phi) is 16.6. The molecule has 12 N–H and O–H groups in total. The minimum absolute atomic E-state index is 0.0238. The highest BCUT2D eigenvalue weighted by molar-refractivity contribution is 7.64. The number of aliphatic hydroxyl groups is 3. The van der Waals surface area contributed by atoms with Crippen molar-refractivity contribution in [1.82, 2.24) is 43.6 Å². The number of aryl methyl sites for hydroxylation is 1. The van der Waals surface area contributed by atoms with E-state index in [0.717, 1.165) is 36.6 Å². The Morgan fingerprint density at radius 3 is 2.15 bits per heavy atom. The van der Waals surface area contributed by atoms with Crippen molar-refractivity contribution < 1.29 is 104 Å². The summed E-state index contributed by atoms with van der Waals surface area (Å²) in [6, 6.07) is 0.926. The van der Waals surface area contributed by atoms with Crippen LogP contribution < -0.4 is 37.7 Å². The van der Waals surface area contributed by atoms with Crippen molar-refractivity contribution in [3.8, 4) is 0 Å². The largest absolute Gasteiger partial charge is 0.756 e. The number of aliphatic hydroxyl groups excluding tert-OH is 3. The molecule has 5 aromatic heterocycles. The number of nitrogens with two attached hydrogens (primary N) is 2. The number of phosphoric acid groups is 2. The van der Waals surface area contributed by atoms with Gasteiger partial charge in [-0.25, -0.2) is 33.2 Å². The second kappa shape index (κ2) is 22.0. The van der Waals surface area contributed by atoms with Gasteiger partial charge in [0.15, 0.2) is 23.9 Å². The van der Waals surface area contributed by atoms with Gasteiger partial charge in [0.25, 0.3) is 24.5 Å². The van der Waals surface area contributed by atoms with Gasteiger partial charge in [-0.3, -0.25) is 46.9 Å². The number of imidazole rings is 2. The standard InChI is InChI=1S/C35H50N12O24P4/c1-44-14-47(29-21(44)30(52)43-34(37)42-29)31-22(49)15(8-62-2)16(67-31)9-64-72(54,55)6-7-73(56,57)71-75(60,61)66-11-18-25(26(63-3)33(69-18)46-13-40-20-27(36)38-12-39-28(20)46)70-74(58,59)65-10-17-23(50)24(51)32(68-17)45-5-4-19(48)41-35(45)53/h4-5,12-18,22-26,31-33,49-51H,6-11H2,1-3H3,(H9-,36,37,38,39,41,42,43,48,52,53,54,55,56,57,58,59,60,61)/t15-,16-,17-,18-,22-,23-,24-,25-,26-,31-,32-,33-/m1/s1. The zero-order valence-electron chi connectivity index (χ0n) is 39.1. The first-order chi connectivity index (χ1) is 35.2. The van der Waals surface area contributed by atoms with Crippen LogP contribution in [0, 0.1) is 5.92 Å². The minimum atomic E-state index is -5.72. The Labute approximate surface area is 418 Å². The van der Waals surface area contributed by atoms with Crippen LogP contribution in [-0.2, 0) is 71.4 Å². The normalized spacial score (nSPS) is 30.4. The molecule has 36 nitrogen and oxygen atoms in total. The molecule has 3 saturated heterocycles. The van der Waals surface area contributed by atoms with E-state index in [0.29, 0.717) is 0 Å². The predicted octanol–water partition coefficient (Wildman–Crippen LogP) is -4.45. The smallest absolute Gasteiger partial charge is 0.479 e. The summed E-state index contributed by atoms with van der Waals surface area (Å²) in [5.74, 6) is -1.22. The summed E-state index contributed by atoms with van der Waals surface area (Å²) >= 11 is 0. The number of aromatic amines is 2. The van der Waals surface area contributed by atoms with Crippen molar-refractivity contribution in [3.63, 3.8) is 0 Å². The van der Waals surface area contributed by atoms with Gasteiger partial charge in [0.05, 0.1) is 58.2 Å². The molecule has 40 heteroatoms. The van der Waals surface area contributed by atoms with Crippen molar-refractivity contribution in [2.75, 3.05) is 64.4 Å². The van der Waals surface area contributed by atoms with Crippen LogP contribution in [0.3, 0.4) is 0 Å². The molecular formula is C35H50N12O24P4. The lowest BCUT2D eigenvalue weighted by Crippen LogP contribution is -2.39. The Bertz CT molecular complexity index is 3280. The van der Waals surface area contributed by atoms with E-state index in [-0.39, 0.29) is 40.7 Å². The summed E-state index contributed by atoms with van der Waals surface area (Å²) in [5, 5.41) is 32.5. The fourth-order valence-corrected chi connectivity index (χ4v) is 14.1. The second-order valence-electron chi connectivity index (χ2n) is 17.0. The predicted molar refractivity (Wildman–Crippen MR) is 244 cm³/mol. The third kappa shape index (κ3) is 12.3. The highest BCUT2D eigenvalue weighted by Crippen LogP contribution is 2.62. The van der Waals surface area contributed by atoms with E-state index in [2.05, 4.69) is 29.2 Å². The Hall–Kier alpha value is -4.58. The number of H-pyrrole nitrogens is 2. The van der Waals surface area contributed by atoms with Crippen molar-refractivity contribution in [2.45, 2.75) is 67.5 Å². The maximum absolute atomic E-state index is 13.5. The molecule has 0 aliphatic carbocycles. The number of ether oxygens (including phenoxy) is 5. The van der Waals surface area contributed by atoms with Crippen molar-refractivity contribution >= 4 is 64.9 Å². The van der Waals surface area contributed by atoms with Gasteiger partial charge < -0.3 is 83.6 Å². The molecule has 3 aliphatic heterocycles. The number of nitrogens with one attached hydrogen (secondary N) is 2. The molecule has 75 heavy (non-hydrogen) atoms. The maximum Gasteiger partial charge on any atom is 0.479 e. The highest BCUT2D eigenvalue weighted by Gasteiger charge is 2.52. The number of fused-ring (bicyclic) bond motifs is 2. The van der Waals surface area contributed by atoms with E-state index in [1.165, 1.54) is 34.2 Å². The Morgan fingerprint density at radius 1 is 0.773 bits per heavy atom. The van der Waals surface area contributed by atoms with Gasteiger partial charge in [0, 0.05) is 32.4 Å². The molecule has 8 rings (SSSR count). The number of anilines is 2. The number of nitrogen functional groups attached to an aromatic ring is 2. The molecule has 5 aromatic rings. The van der Waals surface area contributed by atoms with Crippen LogP contribution in [0.15, 0.2) is 45.6 Å². The number of hydrogen-bond donors (Lipinski definition) is 10. The zero-order valence-corrected chi connectivity index (χ0v) is 42.7. The number of rotatable bonds is 22. The molecule has 16 atom stereocenters. The molecule has 414 valence electrons. The van der Waals surface area contributed by atoms with E-state index in [4.69, 9.17) is 53.2 Å². The fraction of sp³-hybridized carbons (Fsp3) is 0.600. The second-order valence-corrected chi connectivity index (χ2v) is 23.9. The molecule has 0 saturated carbocycles. The average Bonchev–Trinajstić information content (AvgIpc) is 4.13. The summed E-state index contributed by atoms with van der Waals surface area (Å²) in [5.41, 5.74) is 9.47. The van der Waals surface area contributed by atoms with Gasteiger partial charge in [-0.2, -0.15) is 9.55 Å². The third-order valence-corrected chi connectivity index (χ3v) is 17.8. The van der Waals surface area contributed by atoms with E-state index >= 15 is 0 Å². The van der Waals surface area contributed by atoms with E-state index < -0.39 is 153 Å². The van der Waals surface area contributed by atoms with E-state index in [1.54, 1.807) is 0 Å². The molecule has 4 unspecified atom stereocenters. The summed E-state index contributed by atoms with van der Waals surface area (Å²) in [6.07, 6.45) is -15.3. The maximum atomic E-state index is 13.5. The van der Waals surface area contributed by atoms with Gasteiger partial charge in [-0.1, -0.05) is 0 Å². The fourth-order valence-electron chi connectivity index (χ4n) is 8.51. The monoisotopic (exact) mass is 1150 g/mol. The van der Waals surface area contributed by atoms with Gasteiger partial charge in [-0.15, -0.1) is 0 Å². The van der Waals surface area contributed by atoms with Crippen LogP contribution in [0.25, 0.3) is 22.3 Å². The molecule has 0 bridgehead atoms. The third-order valence-electron chi connectivity index (χ3n) is 12.0. The summed E-state index contributed by atoms with van der Waals surface area (Å²) in [6.45, 7) is -3.09. The number of hydrogen-bond acceptors (Lipinski definition) is 27. The van der Waals surface area contributed by atoms with Gasteiger partial charge >= 0.3 is 34.3 Å². The molecule has 0 radical (unpaired) electrons. The van der Waals surface area contributed by atoms with Crippen LogP contribution >= 0.6 is 30.8 Å². The summed E-state index contributed by atoms with van der Waals surface area (Å²) in [4.78, 5) is 102. The van der Waals surface area contributed by atoms with Crippen molar-refractivity contribution in [2.24, 2.45) is 13.0 Å². The van der Waals surface area contributed by atoms with Crippen LogP contribution in [0.2, 0.25) is 0 Å². The molecule has 0 amide bonds. The first-order valence-electron chi connectivity index (χ1n) is 21.9. The number of methoxy groups -OCH3 is 2. The first kappa shape index (κ1) is 56.6. The van der Waals surface area contributed by atoms with Crippen LogP contribution in [0.1, 0.15) is 18.7 Å². The minimum Gasteiger partial charge on any atom is -0.756 e. The lowest BCUT2D eigenvalue weighted by molar-refractivity contribution is -0.646. The van der Waals surface area contributed by atoms with E-state index in [9.17, 15) is 67.5 Å². The highest BCUT2D eigenvalue weighted by atomic mass is 31.3. The number of phosphoric ester groups is 2. The topological polar surface area (TPSA) is 510 Å². The molecule has 0 spiro atoms. The number of nitrogens with zero attached hydrogens (tertiary/aromatic N) is 8.